The lowest BCUT2D eigenvalue weighted by atomic mass is 10.1. The number of carbonyl (C=O) groups is 2. The van der Waals surface area contributed by atoms with Gasteiger partial charge in [-0.3, -0.25) is 4.79 Å². The molecule has 6 nitrogen and oxygen atoms in total. The summed E-state index contributed by atoms with van der Waals surface area (Å²) >= 11 is 1.53. The second kappa shape index (κ2) is 9.50. The molecular formula is C20H26N3O3S. The Morgan fingerprint density at radius 3 is 2.59 bits per heavy atom. The molecule has 1 aromatic carbocycles. The van der Waals surface area contributed by atoms with Gasteiger partial charge in [0.05, 0.1) is 11.7 Å². The van der Waals surface area contributed by atoms with E-state index in [0.29, 0.717) is 6.42 Å². The number of hydrogen-bond acceptors (Lipinski definition) is 5. The highest BCUT2D eigenvalue weighted by Gasteiger charge is 2.20. The van der Waals surface area contributed by atoms with Crippen LogP contribution in [0.4, 0.5) is 4.79 Å². The standard InChI is InChI=1S/C20H26N3O3S/c1-5-15-13-27-18(22-15)16(11-14-9-7-6-8-10-14)23-17(24)12-21-19(25)26-20(2,3)4/h7-10,13,16H,5,11-12H2,1-4H3,(H,21,25)(H,23,24)/t16-/m0/s1. The van der Waals surface area contributed by atoms with Gasteiger partial charge in [0, 0.05) is 5.38 Å². The van der Waals surface area contributed by atoms with Crippen molar-refractivity contribution in [2.75, 3.05) is 6.54 Å². The normalized spacial score (nSPS) is 12.3. The molecule has 2 amide bonds. The summed E-state index contributed by atoms with van der Waals surface area (Å²) in [6.45, 7) is 7.21. The molecule has 0 spiro atoms. The van der Waals surface area contributed by atoms with Crippen LogP contribution in [0.5, 0.6) is 0 Å². The maximum atomic E-state index is 12.4. The number of aromatic nitrogens is 1. The zero-order valence-electron chi connectivity index (χ0n) is 16.2. The van der Waals surface area contributed by atoms with E-state index >= 15 is 0 Å². The number of carbonyl (C=O) groups excluding carboxylic acids is 2. The van der Waals surface area contributed by atoms with Crippen LogP contribution < -0.4 is 10.6 Å². The van der Waals surface area contributed by atoms with E-state index in [1.807, 2.05) is 36.6 Å². The van der Waals surface area contributed by atoms with Crippen LogP contribution in [0.1, 0.15) is 50.0 Å². The van der Waals surface area contributed by atoms with Gasteiger partial charge in [0.15, 0.2) is 0 Å². The number of nitrogens with zero attached hydrogens (tertiary/aromatic N) is 1. The predicted molar refractivity (Wildman–Crippen MR) is 106 cm³/mol. The number of hydrogen-bond donors (Lipinski definition) is 2. The van der Waals surface area contributed by atoms with Gasteiger partial charge in [0.2, 0.25) is 5.91 Å². The summed E-state index contributed by atoms with van der Waals surface area (Å²) in [5.74, 6) is -0.290. The Kier molecular flexibility index (Phi) is 7.36. The van der Waals surface area contributed by atoms with Crippen molar-refractivity contribution >= 4 is 23.3 Å². The molecule has 1 atom stereocenters. The number of rotatable bonds is 7. The van der Waals surface area contributed by atoms with E-state index in [1.165, 1.54) is 11.3 Å². The van der Waals surface area contributed by atoms with Crippen molar-refractivity contribution in [3.8, 4) is 0 Å². The lowest BCUT2D eigenvalue weighted by Gasteiger charge is -2.20. The number of benzene rings is 1. The molecule has 2 aromatic rings. The van der Waals surface area contributed by atoms with E-state index in [1.54, 1.807) is 20.8 Å². The van der Waals surface area contributed by atoms with Gasteiger partial charge in [-0.05, 0) is 45.2 Å². The monoisotopic (exact) mass is 388 g/mol. The van der Waals surface area contributed by atoms with Crippen molar-refractivity contribution < 1.29 is 14.3 Å². The molecule has 145 valence electrons. The summed E-state index contributed by atoms with van der Waals surface area (Å²) < 4.78 is 5.15. The topological polar surface area (TPSA) is 80.3 Å². The minimum Gasteiger partial charge on any atom is -0.444 e. The summed E-state index contributed by atoms with van der Waals surface area (Å²) in [6.07, 6.45) is 0.844. The predicted octanol–water partition coefficient (Wildman–Crippen LogP) is 3.43. The second-order valence-corrected chi connectivity index (χ2v) is 8.01. The first-order valence-electron chi connectivity index (χ1n) is 8.92. The van der Waals surface area contributed by atoms with Gasteiger partial charge in [-0.15, -0.1) is 11.3 Å². The number of aryl methyl sites for hydroxylation is 1. The highest BCUT2D eigenvalue weighted by atomic mass is 32.1. The van der Waals surface area contributed by atoms with Gasteiger partial charge >= 0.3 is 6.09 Å². The molecule has 0 bridgehead atoms. The second-order valence-electron chi connectivity index (χ2n) is 7.12. The molecule has 0 aliphatic heterocycles. The molecular weight excluding hydrogens is 362 g/mol. The number of nitrogens with one attached hydrogen (secondary N) is 2. The summed E-state index contributed by atoms with van der Waals surface area (Å²) in [5.41, 5.74) is 1.47. The number of amides is 2. The van der Waals surface area contributed by atoms with Crippen molar-refractivity contribution in [3.05, 3.63) is 52.0 Å². The Morgan fingerprint density at radius 1 is 1.30 bits per heavy atom. The number of alkyl carbamates (subject to hydrolysis) is 1. The maximum Gasteiger partial charge on any atom is 0.408 e. The number of ether oxygens (including phenoxy) is 1. The Labute approximate surface area is 164 Å². The SMILES string of the molecule is CCc1csc([C@H](Cc2cc[c]cc2)NC(=O)CNC(=O)OC(C)(C)C)n1. The minimum atomic E-state index is -0.615. The van der Waals surface area contributed by atoms with Crippen molar-refractivity contribution in [2.24, 2.45) is 0 Å². The highest BCUT2D eigenvalue weighted by molar-refractivity contribution is 7.09. The van der Waals surface area contributed by atoms with Gasteiger partial charge in [0.25, 0.3) is 0 Å². The zero-order valence-corrected chi connectivity index (χ0v) is 17.0. The average molecular weight is 389 g/mol. The Hall–Kier alpha value is -2.41. The van der Waals surface area contributed by atoms with Crippen LogP contribution in [0, 0.1) is 6.07 Å². The molecule has 7 heteroatoms. The first kappa shape index (κ1) is 20.9. The molecule has 2 rings (SSSR count). The van der Waals surface area contributed by atoms with Crippen LogP contribution in [0.15, 0.2) is 29.6 Å². The summed E-state index contributed by atoms with van der Waals surface area (Å²) in [7, 11) is 0. The largest absolute Gasteiger partial charge is 0.444 e. The van der Waals surface area contributed by atoms with Gasteiger partial charge in [0.1, 0.15) is 17.2 Å². The molecule has 0 unspecified atom stereocenters. The molecule has 1 radical (unpaired) electrons. The number of thiazole rings is 1. The zero-order chi connectivity index (χ0) is 19.9. The van der Waals surface area contributed by atoms with Crippen LogP contribution in [0.25, 0.3) is 0 Å². The van der Waals surface area contributed by atoms with E-state index in [4.69, 9.17) is 4.74 Å². The van der Waals surface area contributed by atoms with Crippen LogP contribution >= 0.6 is 11.3 Å². The van der Waals surface area contributed by atoms with Crippen LogP contribution in [0.2, 0.25) is 0 Å². The van der Waals surface area contributed by atoms with Gasteiger partial charge in [-0.2, -0.15) is 0 Å². The third-order valence-corrected chi connectivity index (χ3v) is 4.59. The van der Waals surface area contributed by atoms with E-state index in [2.05, 4.69) is 21.7 Å². The first-order chi connectivity index (χ1) is 12.8. The molecule has 0 saturated heterocycles. The fourth-order valence-corrected chi connectivity index (χ4v) is 3.30. The maximum absolute atomic E-state index is 12.4. The van der Waals surface area contributed by atoms with Crippen molar-refractivity contribution in [1.29, 1.82) is 0 Å². The lowest BCUT2D eigenvalue weighted by Crippen LogP contribution is -2.41. The van der Waals surface area contributed by atoms with Crippen LogP contribution in [-0.2, 0) is 22.4 Å². The molecule has 0 saturated carbocycles. The molecule has 0 aliphatic carbocycles. The molecule has 0 aliphatic rings. The Bertz CT molecular complexity index is 753. The van der Waals surface area contributed by atoms with Crippen LogP contribution in [0.3, 0.4) is 0 Å². The van der Waals surface area contributed by atoms with Gasteiger partial charge < -0.3 is 15.4 Å². The smallest absolute Gasteiger partial charge is 0.408 e. The lowest BCUT2D eigenvalue weighted by molar-refractivity contribution is -0.121. The minimum absolute atomic E-state index is 0.153. The van der Waals surface area contributed by atoms with E-state index < -0.39 is 11.7 Å². The van der Waals surface area contributed by atoms with Gasteiger partial charge in [-0.25, -0.2) is 9.78 Å². The fourth-order valence-electron chi connectivity index (χ4n) is 2.35. The average Bonchev–Trinajstić information content (AvgIpc) is 3.08. The fraction of sp³-hybridized carbons (Fsp3) is 0.450. The molecule has 1 heterocycles. The first-order valence-corrected chi connectivity index (χ1v) is 9.80. The highest BCUT2D eigenvalue weighted by Crippen LogP contribution is 2.22. The molecule has 27 heavy (non-hydrogen) atoms. The third-order valence-electron chi connectivity index (χ3n) is 3.58. The molecule has 0 fully saturated rings. The van der Waals surface area contributed by atoms with Crippen molar-refractivity contribution in [3.63, 3.8) is 0 Å². The summed E-state index contributed by atoms with van der Waals surface area (Å²) in [4.78, 5) is 28.7. The van der Waals surface area contributed by atoms with E-state index in [-0.39, 0.29) is 18.5 Å². The summed E-state index contributed by atoms with van der Waals surface area (Å²) in [5, 5.41) is 8.31. The quantitative estimate of drug-likeness (QED) is 0.761. The van der Waals surface area contributed by atoms with E-state index in [9.17, 15) is 9.59 Å². The van der Waals surface area contributed by atoms with Crippen LogP contribution in [-0.4, -0.2) is 29.1 Å². The van der Waals surface area contributed by atoms with Crippen molar-refractivity contribution in [2.45, 2.75) is 52.2 Å². The van der Waals surface area contributed by atoms with E-state index in [0.717, 1.165) is 22.7 Å². The third kappa shape index (κ3) is 7.38. The summed E-state index contributed by atoms with van der Waals surface area (Å²) in [6, 6.07) is 10.3. The van der Waals surface area contributed by atoms with Gasteiger partial charge in [-0.1, -0.05) is 31.2 Å². The molecule has 1 aromatic heterocycles. The Morgan fingerprint density at radius 2 is 2.00 bits per heavy atom. The Balaban J connectivity index is 2.00. The van der Waals surface area contributed by atoms with Crippen molar-refractivity contribution in [1.82, 2.24) is 15.6 Å². The molecule has 2 N–H and O–H groups in total.